The lowest BCUT2D eigenvalue weighted by Crippen LogP contribution is -2.24. The molecule has 2 rings (SSSR count). The molecule has 1 heterocycles. The molecular weight excluding hydrogens is 170 g/mol. The van der Waals surface area contributed by atoms with E-state index >= 15 is 0 Å². The molecule has 1 aliphatic carbocycles. The third-order valence-corrected chi connectivity index (χ3v) is 3.78. The van der Waals surface area contributed by atoms with Crippen LogP contribution in [-0.4, -0.2) is 25.0 Å². The Labute approximate surface area is 88.2 Å². The van der Waals surface area contributed by atoms with E-state index in [1.807, 2.05) is 0 Å². The second-order valence-corrected chi connectivity index (χ2v) is 5.08. The van der Waals surface area contributed by atoms with Gasteiger partial charge >= 0.3 is 0 Å². The third kappa shape index (κ3) is 2.84. The zero-order valence-electron chi connectivity index (χ0n) is 9.47. The lowest BCUT2D eigenvalue weighted by atomic mass is 9.83. The van der Waals surface area contributed by atoms with Crippen molar-refractivity contribution in [3.8, 4) is 0 Å². The third-order valence-electron chi connectivity index (χ3n) is 3.78. The molecule has 80 valence electrons. The fourth-order valence-corrected chi connectivity index (χ4v) is 2.76. The zero-order chi connectivity index (χ0) is 9.80. The van der Waals surface area contributed by atoms with Crippen LogP contribution in [0.2, 0.25) is 0 Å². The summed E-state index contributed by atoms with van der Waals surface area (Å²) in [6, 6.07) is 0. The first-order valence-electron chi connectivity index (χ1n) is 6.21. The predicted octanol–water partition coefficient (Wildman–Crippen LogP) is 3.22. The Kier molecular flexibility index (Phi) is 3.63. The van der Waals surface area contributed by atoms with E-state index in [1.165, 1.54) is 58.0 Å². The van der Waals surface area contributed by atoms with Crippen LogP contribution >= 0.6 is 0 Å². The first kappa shape index (κ1) is 10.2. The highest BCUT2D eigenvalue weighted by molar-refractivity contribution is 5.08. The molecule has 0 unspecified atom stereocenters. The van der Waals surface area contributed by atoms with E-state index < -0.39 is 0 Å². The molecule has 0 radical (unpaired) electrons. The Morgan fingerprint density at radius 2 is 2.07 bits per heavy atom. The lowest BCUT2D eigenvalue weighted by Gasteiger charge is -2.27. The molecule has 1 saturated carbocycles. The number of hydrogen-bond donors (Lipinski definition) is 0. The Morgan fingerprint density at radius 3 is 2.71 bits per heavy atom. The monoisotopic (exact) mass is 193 g/mol. The highest BCUT2D eigenvalue weighted by Gasteiger charge is 2.16. The van der Waals surface area contributed by atoms with Crippen molar-refractivity contribution >= 4 is 0 Å². The van der Waals surface area contributed by atoms with Gasteiger partial charge in [-0.2, -0.15) is 0 Å². The summed E-state index contributed by atoms with van der Waals surface area (Å²) in [5.41, 5.74) is 1.75. The first-order chi connectivity index (χ1) is 6.84. The van der Waals surface area contributed by atoms with E-state index in [9.17, 15) is 0 Å². The summed E-state index contributed by atoms with van der Waals surface area (Å²) in [7, 11) is 2.22. The molecule has 0 bridgehead atoms. The van der Waals surface area contributed by atoms with E-state index in [-0.39, 0.29) is 0 Å². The van der Waals surface area contributed by atoms with E-state index in [4.69, 9.17) is 0 Å². The molecule has 0 N–H and O–H groups in total. The van der Waals surface area contributed by atoms with Crippen LogP contribution in [0.4, 0.5) is 0 Å². The Bertz CT molecular complexity index is 201. The van der Waals surface area contributed by atoms with Crippen LogP contribution in [0.1, 0.15) is 44.9 Å². The number of hydrogen-bond acceptors (Lipinski definition) is 1. The first-order valence-corrected chi connectivity index (χ1v) is 6.21. The van der Waals surface area contributed by atoms with Gasteiger partial charge in [0.25, 0.3) is 0 Å². The zero-order valence-corrected chi connectivity index (χ0v) is 9.47. The largest absolute Gasteiger partial charge is 0.302 e. The fourth-order valence-electron chi connectivity index (χ4n) is 2.76. The van der Waals surface area contributed by atoms with Crippen molar-refractivity contribution in [3.63, 3.8) is 0 Å². The molecule has 1 heteroatoms. The summed E-state index contributed by atoms with van der Waals surface area (Å²) >= 11 is 0. The van der Waals surface area contributed by atoms with Gasteiger partial charge in [0, 0.05) is 13.1 Å². The van der Waals surface area contributed by atoms with Gasteiger partial charge in [-0.15, -0.1) is 0 Å². The maximum atomic E-state index is 2.47. The van der Waals surface area contributed by atoms with Crippen LogP contribution in [0.5, 0.6) is 0 Å². The van der Waals surface area contributed by atoms with Gasteiger partial charge < -0.3 is 4.90 Å². The van der Waals surface area contributed by atoms with Gasteiger partial charge in [0.05, 0.1) is 0 Å². The molecular formula is C13H23N. The molecule has 0 amide bonds. The van der Waals surface area contributed by atoms with E-state index in [2.05, 4.69) is 18.0 Å². The minimum absolute atomic E-state index is 1.03. The summed E-state index contributed by atoms with van der Waals surface area (Å²) in [5.74, 6) is 1.03. The van der Waals surface area contributed by atoms with Gasteiger partial charge in [-0.25, -0.2) is 0 Å². The van der Waals surface area contributed by atoms with Crippen molar-refractivity contribution in [2.24, 2.45) is 5.92 Å². The highest BCUT2D eigenvalue weighted by atomic mass is 15.1. The van der Waals surface area contributed by atoms with Crippen molar-refractivity contribution in [2.45, 2.75) is 44.9 Å². The quantitative estimate of drug-likeness (QED) is 0.609. The molecule has 0 atom stereocenters. The Hall–Kier alpha value is -0.300. The van der Waals surface area contributed by atoms with Crippen LogP contribution in [0.15, 0.2) is 11.6 Å². The minimum Gasteiger partial charge on any atom is -0.302 e. The number of likely N-dealkylation sites (N-methyl/N-ethyl adjacent to an activating group) is 1. The van der Waals surface area contributed by atoms with Crippen LogP contribution in [0.25, 0.3) is 0 Å². The molecule has 0 spiro atoms. The topological polar surface area (TPSA) is 3.24 Å². The summed E-state index contributed by atoms with van der Waals surface area (Å²) in [6.45, 7) is 2.46. The van der Waals surface area contributed by atoms with E-state index in [1.54, 1.807) is 5.57 Å². The smallest absolute Gasteiger partial charge is 0.0162 e. The second kappa shape index (κ2) is 4.97. The van der Waals surface area contributed by atoms with Gasteiger partial charge in [-0.3, -0.25) is 0 Å². The van der Waals surface area contributed by atoms with Crippen molar-refractivity contribution in [1.29, 1.82) is 0 Å². The summed E-state index contributed by atoms with van der Waals surface area (Å²) < 4.78 is 0. The van der Waals surface area contributed by atoms with E-state index in [0.29, 0.717) is 0 Å². The molecule has 0 saturated heterocycles. The van der Waals surface area contributed by atoms with Crippen molar-refractivity contribution in [1.82, 2.24) is 4.90 Å². The van der Waals surface area contributed by atoms with Crippen LogP contribution in [-0.2, 0) is 0 Å². The molecule has 0 aromatic heterocycles. The molecule has 1 nitrogen and oxygen atoms in total. The van der Waals surface area contributed by atoms with Gasteiger partial charge in [-0.1, -0.05) is 43.8 Å². The number of rotatable bonds is 2. The van der Waals surface area contributed by atoms with Gasteiger partial charge in [0.2, 0.25) is 0 Å². The van der Waals surface area contributed by atoms with Crippen molar-refractivity contribution in [3.05, 3.63) is 11.6 Å². The van der Waals surface area contributed by atoms with E-state index in [0.717, 1.165) is 5.92 Å². The SMILES string of the molecule is CN1CC=C(CC2CCCCC2)CC1. The Balaban J connectivity index is 1.78. The Morgan fingerprint density at radius 1 is 1.29 bits per heavy atom. The van der Waals surface area contributed by atoms with Gasteiger partial charge in [0.1, 0.15) is 0 Å². The van der Waals surface area contributed by atoms with Crippen LogP contribution in [0.3, 0.4) is 0 Å². The van der Waals surface area contributed by atoms with Gasteiger partial charge in [0.15, 0.2) is 0 Å². The summed E-state index contributed by atoms with van der Waals surface area (Å²) in [6.07, 6.45) is 12.6. The van der Waals surface area contributed by atoms with Crippen molar-refractivity contribution in [2.75, 3.05) is 20.1 Å². The molecule has 0 aromatic carbocycles. The van der Waals surface area contributed by atoms with Crippen LogP contribution < -0.4 is 0 Å². The summed E-state index contributed by atoms with van der Waals surface area (Å²) in [5, 5.41) is 0. The standard InChI is InChI=1S/C13H23N/c1-14-9-7-13(8-10-14)11-12-5-3-2-4-6-12/h7,12H,2-6,8-11H2,1H3. The second-order valence-electron chi connectivity index (χ2n) is 5.08. The van der Waals surface area contributed by atoms with Crippen LogP contribution in [0, 0.1) is 5.92 Å². The predicted molar refractivity (Wildman–Crippen MR) is 61.4 cm³/mol. The molecule has 1 aliphatic heterocycles. The number of nitrogens with zero attached hydrogens (tertiary/aromatic N) is 1. The molecule has 14 heavy (non-hydrogen) atoms. The minimum atomic E-state index is 1.03. The molecule has 1 fully saturated rings. The summed E-state index contributed by atoms with van der Waals surface area (Å²) in [4.78, 5) is 2.41. The molecule has 0 aromatic rings. The highest BCUT2D eigenvalue weighted by Crippen LogP contribution is 2.30. The maximum absolute atomic E-state index is 2.47. The van der Waals surface area contributed by atoms with Crippen molar-refractivity contribution < 1.29 is 0 Å². The fraction of sp³-hybridized carbons (Fsp3) is 0.846. The van der Waals surface area contributed by atoms with Gasteiger partial charge in [-0.05, 0) is 25.8 Å². The average molecular weight is 193 g/mol. The average Bonchev–Trinajstić information content (AvgIpc) is 2.23. The maximum Gasteiger partial charge on any atom is 0.0162 e. The normalized spacial score (nSPS) is 26.2. The lowest BCUT2D eigenvalue weighted by molar-refractivity contribution is 0.326. The molecule has 2 aliphatic rings.